The van der Waals surface area contributed by atoms with Crippen LogP contribution in [0.1, 0.15) is 62.1 Å². The van der Waals surface area contributed by atoms with Crippen LogP contribution < -0.4 is 0 Å². The number of rotatable bonds is 6. The van der Waals surface area contributed by atoms with Gasteiger partial charge in [0.1, 0.15) is 0 Å². The maximum atomic E-state index is 13.3. The topological polar surface area (TPSA) is 46.6 Å². The summed E-state index contributed by atoms with van der Waals surface area (Å²) in [7, 11) is 1.37. The van der Waals surface area contributed by atoms with Gasteiger partial charge in [-0.25, -0.2) is 0 Å². The van der Waals surface area contributed by atoms with Gasteiger partial charge >= 0.3 is 5.97 Å². The number of amides is 1. The van der Waals surface area contributed by atoms with Gasteiger partial charge in [-0.2, -0.15) is 0 Å². The maximum absolute atomic E-state index is 13.3. The first-order valence-electron chi connectivity index (χ1n) is 9.69. The molecule has 1 amide bonds. The lowest BCUT2D eigenvalue weighted by atomic mass is 9.86. The molecule has 0 aliphatic heterocycles. The van der Waals surface area contributed by atoms with Gasteiger partial charge in [-0.1, -0.05) is 70.2 Å². The highest BCUT2D eigenvalue weighted by molar-refractivity contribution is 5.94. The Morgan fingerprint density at radius 2 is 1.54 bits per heavy atom. The van der Waals surface area contributed by atoms with E-state index in [4.69, 9.17) is 4.74 Å². The summed E-state index contributed by atoms with van der Waals surface area (Å²) < 4.78 is 4.86. The average molecular weight is 382 g/mol. The van der Waals surface area contributed by atoms with E-state index in [9.17, 15) is 9.59 Å². The Balaban J connectivity index is 2.34. The van der Waals surface area contributed by atoms with Crippen LogP contribution >= 0.6 is 0 Å². The second-order valence-corrected chi connectivity index (χ2v) is 8.30. The van der Waals surface area contributed by atoms with E-state index < -0.39 is 5.92 Å². The molecule has 2 rings (SSSR count). The zero-order valence-electron chi connectivity index (χ0n) is 17.7. The van der Waals surface area contributed by atoms with E-state index in [2.05, 4.69) is 20.8 Å². The molecule has 2 atom stereocenters. The smallest absolute Gasteiger partial charge is 0.310 e. The minimum Gasteiger partial charge on any atom is -0.469 e. The maximum Gasteiger partial charge on any atom is 0.310 e. The monoisotopic (exact) mass is 381 g/mol. The molecule has 2 aromatic carbocycles. The predicted octanol–water partition coefficient (Wildman–Crippen LogP) is 5.00. The summed E-state index contributed by atoms with van der Waals surface area (Å²) in [5.41, 5.74) is 2.85. The third-order valence-corrected chi connectivity index (χ3v) is 5.08. The highest BCUT2D eigenvalue weighted by Crippen LogP contribution is 2.26. The molecule has 2 unspecified atom stereocenters. The van der Waals surface area contributed by atoms with Crippen molar-refractivity contribution >= 4 is 11.9 Å². The highest BCUT2D eigenvalue weighted by atomic mass is 16.5. The number of ether oxygens (including phenoxy) is 1. The first-order chi connectivity index (χ1) is 13.1. The lowest BCUT2D eigenvalue weighted by Gasteiger charge is -2.31. The van der Waals surface area contributed by atoms with Gasteiger partial charge < -0.3 is 9.64 Å². The summed E-state index contributed by atoms with van der Waals surface area (Å²) >= 11 is 0. The van der Waals surface area contributed by atoms with Gasteiger partial charge in [0.05, 0.1) is 19.1 Å². The van der Waals surface area contributed by atoms with Gasteiger partial charge in [0.25, 0.3) is 5.91 Å². The third-order valence-electron chi connectivity index (χ3n) is 5.08. The molecule has 2 aromatic rings. The van der Waals surface area contributed by atoms with Crippen molar-refractivity contribution in [3.8, 4) is 0 Å². The van der Waals surface area contributed by atoms with Crippen LogP contribution in [0.5, 0.6) is 0 Å². The fourth-order valence-electron chi connectivity index (χ4n) is 3.18. The molecule has 150 valence electrons. The van der Waals surface area contributed by atoms with Crippen molar-refractivity contribution in [3.05, 3.63) is 71.3 Å². The Hall–Kier alpha value is -2.62. The van der Waals surface area contributed by atoms with E-state index in [1.807, 2.05) is 61.5 Å². The SMILES string of the molecule is COC(=O)C(C)CN(C(=O)c1ccc(C(C)(C)C)cc1)C(C)c1ccccc1. The first-order valence-corrected chi connectivity index (χ1v) is 9.69. The second-order valence-electron chi connectivity index (χ2n) is 8.30. The summed E-state index contributed by atoms with van der Waals surface area (Å²) in [5.74, 6) is -0.817. The number of nitrogens with zero attached hydrogens (tertiary/aromatic N) is 1. The van der Waals surface area contributed by atoms with Crippen LogP contribution in [0.4, 0.5) is 0 Å². The number of esters is 1. The summed E-state index contributed by atoms with van der Waals surface area (Å²) in [6.07, 6.45) is 0. The molecule has 0 fully saturated rings. The minimum absolute atomic E-state index is 0.0258. The van der Waals surface area contributed by atoms with Crippen molar-refractivity contribution in [1.29, 1.82) is 0 Å². The van der Waals surface area contributed by atoms with Gasteiger partial charge in [-0.15, -0.1) is 0 Å². The van der Waals surface area contributed by atoms with E-state index >= 15 is 0 Å². The summed E-state index contributed by atoms with van der Waals surface area (Å²) in [6.45, 7) is 10.5. The summed E-state index contributed by atoms with van der Waals surface area (Å²) in [5, 5.41) is 0. The number of carbonyl (C=O) groups is 2. The van der Waals surface area contributed by atoms with Crippen LogP contribution in [0, 0.1) is 5.92 Å². The molecule has 0 heterocycles. The van der Waals surface area contributed by atoms with Gasteiger partial charge in [0.2, 0.25) is 0 Å². The fraction of sp³-hybridized carbons (Fsp3) is 0.417. The van der Waals surface area contributed by atoms with E-state index in [1.54, 1.807) is 11.8 Å². The molecule has 0 bridgehead atoms. The van der Waals surface area contributed by atoms with Crippen molar-refractivity contribution in [1.82, 2.24) is 4.90 Å². The fourth-order valence-corrected chi connectivity index (χ4v) is 3.18. The second kappa shape index (κ2) is 9.05. The standard InChI is InChI=1S/C24H31NO3/c1-17(23(27)28-6)16-25(18(2)19-10-8-7-9-11-19)22(26)20-12-14-21(15-13-20)24(3,4)5/h7-15,17-18H,16H2,1-6H3. The molecule has 0 aliphatic carbocycles. The Labute approximate surface area is 168 Å². The van der Waals surface area contributed by atoms with Gasteiger partial charge in [-0.3, -0.25) is 9.59 Å². The van der Waals surface area contributed by atoms with Crippen LogP contribution in [-0.2, 0) is 14.9 Å². The van der Waals surface area contributed by atoms with Crippen LogP contribution in [-0.4, -0.2) is 30.4 Å². The highest BCUT2D eigenvalue weighted by Gasteiger charge is 2.27. The van der Waals surface area contributed by atoms with Crippen molar-refractivity contribution in [3.63, 3.8) is 0 Å². The van der Waals surface area contributed by atoms with Gasteiger partial charge in [-0.05, 0) is 35.6 Å². The Kier molecular flexibility index (Phi) is 7.00. The molecular formula is C24H31NO3. The number of methoxy groups -OCH3 is 1. The van der Waals surface area contributed by atoms with Crippen molar-refractivity contribution in [2.45, 2.75) is 46.1 Å². The van der Waals surface area contributed by atoms with E-state index in [1.165, 1.54) is 12.7 Å². The van der Waals surface area contributed by atoms with Crippen molar-refractivity contribution in [2.75, 3.05) is 13.7 Å². The van der Waals surface area contributed by atoms with Crippen molar-refractivity contribution < 1.29 is 14.3 Å². The zero-order chi connectivity index (χ0) is 20.9. The normalized spacial score (nSPS) is 13.5. The predicted molar refractivity (Wildman–Crippen MR) is 112 cm³/mol. The molecule has 0 saturated carbocycles. The summed E-state index contributed by atoms with van der Waals surface area (Å²) in [4.78, 5) is 27.1. The molecule has 4 heteroatoms. The molecule has 0 radical (unpaired) electrons. The number of benzene rings is 2. The first kappa shape index (κ1) is 21.7. The molecule has 0 aliphatic rings. The molecule has 28 heavy (non-hydrogen) atoms. The van der Waals surface area contributed by atoms with E-state index in [-0.39, 0.29) is 23.3 Å². The van der Waals surface area contributed by atoms with E-state index in [0.717, 1.165) is 5.56 Å². The molecule has 0 aromatic heterocycles. The third kappa shape index (κ3) is 5.22. The largest absolute Gasteiger partial charge is 0.469 e. The average Bonchev–Trinajstić information content (AvgIpc) is 2.70. The lowest BCUT2D eigenvalue weighted by molar-refractivity contribution is -0.145. The minimum atomic E-state index is -0.408. The Bertz CT molecular complexity index is 791. The number of hydrogen-bond donors (Lipinski definition) is 0. The quantitative estimate of drug-likeness (QED) is 0.662. The molecule has 0 saturated heterocycles. The zero-order valence-corrected chi connectivity index (χ0v) is 17.7. The van der Waals surface area contributed by atoms with Crippen LogP contribution in [0.25, 0.3) is 0 Å². The number of carbonyl (C=O) groups excluding carboxylic acids is 2. The Morgan fingerprint density at radius 3 is 2.04 bits per heavy atom. The van der Waals surface area contributed by atoms with Crippen LogP contribution in [0.2, 0.25) is 0 Å². The van der Waals surface area contributed by atoms with E-state index in [0.29, 0.717) is 12.1 Å². The van der Waals surface area contributed by atoms with Gasteiger partial charge in [0.15, 0.2) is 0 Å². The van der Waals surface area contributed by atoms with Crippen LogP contribution in [0.3, 0.4) is 0 Å². The number of hydrogen-bond acceptors (Lipinski definition) is 3. The van der Waals surface area contributed by atoms with Crippen LogP contribution in [0.15, 0.2) is 54.6 Å². The molecule has 4 nitrogen and oxygen atoms in total. The van der Waals surface area contributed by atoms with Crippen molar-refractivity contribution in [2.24, 2.45) is 5.92 Å². The molecule has 0 spiro atoms. The lowest BCUT2D eigenvalue weighted by Crippen LogP contribution is -2.39. The van der Waals surface area contributed by atoms with Gasteiger partial charge in [0, 0.05) is 12.1 Å². The summed E-state index contributed by atoms with van der Waals surface area (Å²) in [6, 6.07) is 17.4. The Morgan fingerprint density at radius 1 is 0.964 bits per heavy atom. The molecule has 0 N–H and O–H groups in total. The molecular weight excluding hydrogens is 350 g/mol.